The fraction of sp³-hybridized carbons (Fsp3) is 0.429. The molecule has 4 N–H and O–H groups in total. The van der Waals surface area contributed by atoms with Crippen molar-refractivity contribution < 1.29 is 9.90 Å². The summed E-state index contributed by atoms with van der Waals surface area (Å²) in [6.07, 6.45) is 0.287. The summed E-state index contributed by atoms with van der Waals surface area (Å²) in [5.74, 6) is -1.31. The first kappa shape index (κ1) is 11.0. The van der Waals surface area contributed by atoms with Gasteiger partial charge in [0, 0.05) is 0 Å². The molecule has 1 aromatic heterocycles. The molecule has 0 aliphatic carbocycles. The van der Waals surface area contributed by atoms with Gasteiger partial charge >= 0.3 is 11.7 Å². The normalized spacial score (nSPS) is 12.1. The molecule has 0 fully saturated rings. The molecule has 0 bridgehead atoms. The highest BCUT2D eigenvalue weighted by Gasteiger charge is 2.16. The summed E-state index contributed by atoms with van der Waals surface area (Å²) in [4.78, 5) is 34.3. The highest BCUT2D eigenvalue weighted by Crippen LogP contribution is 1.98. The number of hydrogen-bond acceptors (Lipinski definition) is 5. The van der Waals surface area contributed by atoms with E-state index in [2.05, 4.69) is 10.4 Å². The summed E-state index contributed by atoms with van der Waals surface area (Å²) in [6.45, 7) is 1.64. The van der Waals surface area contributed by atoms with Crippen LogP contribution < -0.4 is 16.6 Å². The number of anilines is 1. The smallest absolute Gasteiger partial charge is 0.342 e. The van der Waals surface area contributed by atoms with E-state index in [9.17, 15) is 14.4 Å². The van der Waals surface area contributed by atoms with Crippen molar-refractivity contribution in [3.05, 3.63) is 20.8 Å². The highest BCUT2D eigenvalue weighted by atomic mass is 16.4. The summed E-state index contributed by atoms with van der Waals surface area (Å²) in [5.41, 5.74) is -1.49. The summed E-state index contributed by atoms with van der Waals surface area (Å²) >= 11 is 0. The second-order valence-corrected chi connectivity index (χ2v) is 2.80. The van der Waals surface area contributed by atoms with Crippen molar-refractivity contribution in [2.24, 2.45) is 0 Å². The number of aromatic amines is 2. The van der Waals surface area contributed by atoms with Gasteiger partial charge in [-0.2, -0.15) is 0 Å². The quantitative estimate of drug-likeness (QED) is 0.495. The third-order valence-corrected chi connectivity index (χ3v) is 1.73. The van der Waals surface area contributed by atoms with Crippen molar-refractivity contribution in [2.45, 2.75) is 19.4 Å². The Morgan fingerprint density at radius 3 is 2.73 bits per heavy atom. The molecule has 82 valence electrons. The van der Waals surface area contributed by atoms with Crippen LogP contribution in [0, 0.1) is 0 Å². The fourth-order valence-corrected chi connectivity index (χ4v) is 0.949. The number of nitrogens with zero attached hydrogens (tertiary/aromatic N) is 1. The molecule has 0 spiro atoms. The average molecular weight is 214 g/mol. The Kier molecular flexibility index (Phi) is 3.21. The largest absolute Gasteiger partial charge is 0.480 e. The van der Waals surface area contributed by atoms with Crippen LogP contribution in [0.4, 0.5) is 5.82 Å². The van der Waals surface area contributed by atoms with Crippen molar-refractivity contribution in [3.63, 3.8) is 0 Å². The molecule has 0 saturated heterocycles. The molecule has 0 amide bonds. The maximum Gasteiger partial charge on any atom is 0.342 e. The predicted molar refractivity (Wildman–Crippen MR) is 50.8 cm³/mol. The Balaban J connectivity index is 2.94. The lowest BCUT2D eigenvalue weighted by molar-refractivity contribution is -0.137. The van der Waals surface area contributed by atoms with Crippen molar-refractivity contribution in [1.29, 1.82) is 0 Å². The van der Waals surface area contributed by atoms with Gasteiger partial charge < -0.3 is 10.4 Å². The van der Waals surface area contributed by atoms with E-state index in [0.717, 1.165) is 0 Å². The summed E-state index contributed by atoms with van der Waals surface area (Å²) in [6, 6.07) is -0.912. The lowest BCUT2D eigenvalue weighted by atomic mass is 10.2. The minimum atomic E-state index is -1.09. The maximum atomic E-state index is 11.1. The summed E-state index contributed by atoms with van der Waals surface area (Å²) in [7, 11) is 0. The molecular formula is C7H10N4O4. The molecule has 0 aliphatic heterocycles. The monoisotopic (exact) mass is 214 g/mol. The number of carbonyl (C=O) groups is 1. The predicted octanol–water partition coefficient (Wildman–Crippen LogP) is -1.27. The standard InChI is InChI=1S/C7H10N4O4/c1-2-3(6(13)14)8-4-5(12)9-7(15)11-10-4/h3H,2H2,1H3,(H,8,10)(H,13,14)(H2,9,11,12,15). The van der Waals surface area contributed by atoms with E-state index in [1.165, 1.54) is 0 Å². The third kappa shape index (κ3) is 2.66. The number of carboxylic acids is 1. The Hall–Kier alpha value is -2.12. The second-order valence-electron chi connectivity index (χ2n) is 2.80. The summed E-state index contributed by atoms with van der Waals surface area (Å²) in [5, 5.41) is 16.5. The first-order valence-electron chi connectivity index (χ1n) is 4.23. The number of H-pyrrole nitrogens is 2. The molecule has 15 heavy (non-hydrogen) atoms. The Labute approximate surface area is 83.3 Å². The fourth-order valence-electron chi connectivity index (χ4n) is 0.949. The molecule has 0 aromatic carbocycles. The van der Waals surface area contributed by atoms with Crippen LogP contribution in [0.3, 0.4) is 0 Å². The van der Waals surface area contributed by atoms with Crippen LogP contribution >= 0.6 is 0 Å². The zero-order chi connectivity index (χ0) is 11.4. The van der Waals surface area contributed by atoms with Crippen LogP contribution in [0.15, 0.2) is 9.59 Å². The summed E-state index contributed by atoms with van der Waals surface area (Å²) < 4.78 is 0. The first-order valence-corrected chi connectivity index (χ1v) is 4.23. The molecule has 1 unspecified atom stereocenters. The van der Waals surface area contributed by atoms with Crippen molar-refractivity contribution in [1.82, 2.24) is 15.2 Å². The molecule has 1 atom stereocenters. The molecule has 0 radical (unpaired) electrons. The van der Waals surface area contributed by atoms with Crippen LogP contribution in [-0.2, 0) is 4.79 Å². The Morgan fingerprint density at radius 2 is 2.27 bits per heavy atom. The van der Waals surface area contributed by atoms with Gasteiger partial charge in [0.25, 0.3) is 5.56 Å². The van der Waals surface area contributed by atoms with Gasteiger partial charge in [-0.05, 0) is 6.42 Å². The van der Waals surface area contributed by atoms with Gasteiger partial charge in [0.1, 0.15) is 6.04 Å². The number of hydrogen-bond donors (Lipinski definition) is 4. The van der Waals surface area contributed by atoms with E-state index in [4.69, 9.17) is 5.11 Å². The van der Waals surface area contributed by atoms with Gasteiger partial charge in [-0.3, -0.25) is 9.78 Å². The molecule has 1 rings (SSSR count). The Morgan fingerprint density at radius 1 is 1.60 bits per heavy atom. The van der Waals surface area contributed by atoms with E-state index in [0.29, 0.717) is 0 Å². The van der Waals surface area contributed by atoms with E-state index in [1.54, 1.807) is 6.92 Å². The van der Waals surface area contributed by atoms with Crippen molar-refractivity contribution in [2.75, 3.05) is 5.32 Å². The SMILES string of the molecule is CCC(Nc1n[nH]c(=O)[nH]c1=O)C(=O)O. The number of aromatic nitrogens is 3. The van der Waals surface area contributed by atoms with Crippen molar-refractivity contribution in [3.8, 4) is 0 Å². The molecule has 1 aromatic rings. The van der Waals surface area contributed by atoms with Gasteiger partial charge in [-0.1, -0.05) is 6.92 Å². The van der Waals surface area contributed by atoms with Gasteiger partial charge in [0.2, 0.25) is 5.82 Å². The minimum Gasteiger partial charge on any atom is -0.480 e. The van der Waals surface area contributed by atoms with Crippen molar-refractivity contribution >= 4 is 11.8 Å². The minimum absolute atomic E-state index is 0.219. The third-order valence-electron chi connectivity index (χ3n) is 1.73. The number of nitrogens with one attached hydrogen (secondary N) is 3. The van der Waals surface area contributed by atoms with Gasteiger partial charge in [-0.15, -0.1) is 5.10 Å². The van der Waals surface area contributed by atoms with Gasteiger partial charge in [-0.25, -0.2) is 14.7 Å². The Bertz CT molecular complexity index is 463. The van der Waals surface area contributed by atoms with Crippen LogP contribution in [0.1, 0.15) is 13.3 Å². The molecule has 0 saturated carbocycles. The number of aliphatic carboxylic acids is 1. The van der Waals surface area contributed by atoms with Crippen LogP contribution in [-0.4, -0.2) is 32.3 Å². The zero-order valence-corrected chi connectivity index (χ0v) is 7.90. The first-order chi connectivity index (χ1) is 7.04. The van der Waals surface area contributed by atoms with E-state index in [-0.39, 0.29) is 12.2 Å². The molecule has 1 heterocycles. The molecule has 0 aliphatic rings. The molecule has 8 nitrogen and oxygen atoms in total. The van der Waals surface area contributed by atoms with Crippen LogP contribution in [0.2, 0.25) is 0 Å². The van der Waals surface area contributed by atoms with E-state index < -0.39 is 23.3 Å². The number of carboxylic acid groups (broad SMARTS) is 1. The van der Waals surface area contributed by atoms with E-state index >= 15 is 0 Å². The van der Waals surface area contributed by atoms with Crippen LogP contribution in [0.5, 0.6) is 0 Å². The van der Waals surface area contributed by atoms with Gasteiger partial charge in [0.15, 0.2) is 0 Å². The maximum absolute atomic E-state index is 11.1. The molecular weight excluding hydrogens is 204 g/mol. The van der Waals surface area contributed by atoms with E-state index in [1.807, 2.05) is 10.1 Å². The lowest BCUT2D eigenvalue weighted by Gasteiger charge is -2.10. The topological polar surface area (TPSA) is 128 Å². The average Bonchev–Trinajstić information content (AvgIpc) is 2.16. The highest BCUT2D eigenvalue weighted by molar-refractivity contribution is 5.76. The number of rotatable bonds is 4. The van der Waals surface area contributed by atoms with Crippen LogP contribution in [0.25, 0.3) is 0 Å². The molecule has 8 heteroatoms. The zero-order valence-electron chi connectivity index (χ0n) is 7.90. The lowest BCUT2D eigenvalue weighted by Crippen LogP contribution is -2.34. The second kappa shape index (κ2) is 4.40. The van der Waals surface area contributed by atoms with Gasteiger partial charge in [0.05, 0.1) is 0 Å².